The molecule has 8 nitrogen and oxygen atoms in total. The standard InChI is InChI=1S/C27H38FNO7/c1-6-18-24(32)16(2)34-12-10-27(5)22(36-27)14-20(19(28)13-17-9-7-8-11-29-17)35-23(31)15-21(30)26(3,4)25(18)33/h7-9,11,13,16,18,20-22,24,30,32H,6,10,12,14-15H2,1-5H3/t16-,18-,20+,21+,22+,24-,27-/m1/s1. The Labute approximate surface area is 211 Å². The average molecular weight is 508 g/mol. The Bertz CT molecular complexity index is 953. The molecule has 2 fully saturated rings. The van der Waals surface area contributed by atoms with E-state index < -0.39 is 59.6 Å². The van der Waals surface area contributed by atoms with E-state index in [1.165, 1.54) is 26.1 Å². The Morgan fingerprint density at radius 1 is 1.25 bits per heavy atom. The van der Waals surface area contributed by atoms with E-state index in [0.717, 1.165) is 0 Å². The second-order valence-corrected chi connectivity index (χ2v) is 10.6. The van der Waals surface area contributed by atoms with Crippen LogP contribution in [0, 0.1) is 11.3 Å². The van der Waals surface area contributed by atoms with E-state index in [1.807, 2.05) is 6.92 Å². The number of ketones is 1. The van der Waals surface area contributed by atoms with Gasteiger partial charge in [-0.05, 0) is 38.5 Å². The third-order valence-corrected chi connectivity index (χ3v) is 7.50. The van der Waals surface area contributed by atoms with E-state index in [9.17, 15) is 19.8 Å². The van der Waals surface area contributed by atoms with Crippen molar-refractivity contribution >= 4 is 17.8 Å². The van der Waals surface area contributed by atoms with Crippen LogP contribution >= 0.6 is 0 Å². The molecule has 0 aromatic carbocycles. The third-order valence-electron chi connectivity index (χ3n) is 7.50. The Morgan fingerprint density at radius 2 is 1.97 bits per heavy atom. The first kappa shape index (κ1) is 28.4. The number of aromatic nitrogens is 1. The third kappa shape index (κ3) is 6.56. The molecule has 1 aromatic heterocycles. The summed E-state index contributed by atoms with van der Waals surface area (Å²) >= 11 is 0. The predicted molar refractivity (Wildman–Crippen MR) is 130 cm³/mol. The average Bonchev–Trinajstić information content (AvgIpc) is 3.47. The number of hydrogen-bond donors (Lipinski definition) is 2. The van der Waals surface area contributed by atoms with Gasteiger partial charge < -0.3 is 24.4 Å². The number of aliphatic hydroxyl groups is 2. The van der Waals surface area contributed by atoms with Crippen molar-refractivity contribution in [3.63, 3.8) is 0 Å². The summed E-state index contributed by atoms with van der Waals surface area (Å²) in [6.45, 7) is 8.66. The maximum Gasteiger partial charge on any atom is 0.309 e. The van der Waals surface area contributed by atoms with Gasteiger partial charge in [-0.25, -0.2) is 4.39 Å². The van der Waals surface area contributed by atoms with E-state index in [2.05, 4.69) is 4.98 Å². The van der Waals surface area contributed by atoms with Crippen molar-refractivity contribution in [2.75, 3.05) is 6.61 Å². The molecule has 1 aromatic rings. The van der Waals surface area contributed by atoms with E-state index in [-0.39, 0.29) is 24.9 Å². The molecule has 7 atom stereocenters. The summed E-state index contributed by atoms with van der Waals surface area (Å²) in [7, 11) is 0. The van der Waals surface area contributed by atoms with E-state index >= 15 is 4.39 Å². The van der Waals surface area contributed by atoms with Crippen LogP contribution in [0.5, 0.6) is 0 Å². The highest BCUT2D eigenvalue weighted by Gasteiger charge is 2.53. The molecule has 36 heavy (non-hydrogen) atoms. The maximum atomic E-state index is 15.3. The number of rotatable bonds is 3. The summed E-state index contributed by atoms with van der Waals surface area (Å²) in [4.78, 5) is 30.2. The van der Waals surface area contributed by atoms with Crippen molar-refractivity contribution in [1.82, 2.24) is 4.98 Å². The molecule has 0 aliphatic carbocycles. The van der Waals surface area contributed by atoms with Gasteiger partial charge in [-0.1, -0.05) is 26.8 Å². The predicted octanol–water partition coefficient (Wildman–Crippen LogP) is 3.39. The molecular weight excluding hydrogens is 469 g/mol. The molecule has 0 unspecified atom stereocenters. The van der Waals surface area contributed by atoms with E-state index in [1.54, 1.807) is 32.0 Å². The minimum Gasteiger partial charge on any atom is -0.455 e. The van der Waals surface area contributed by atoms with Crippen LogP contribution in [-0.2, 0) is 23.8 Å². The number of carbonyl (C=O) groups is 2. The van der Waals surface area contributed by atoms with Crippen molar-refractivity contribution in [3.05, 3.63) is 35.9 Å². The fourth-order valence-electron chi connectivity index (χ4n) is 4.63. The summed E-state index contributed by atoms with van der Waals surface area (Å²) < 4.78 is 32.4. The lowest BCUT2D eigenvalue weighted by atomic mass is 9.73. The highest BCUT2D eigenvalue weighted by Crippen LogP contribution is 2.44. The van der Waals surface area contributed by atoms with Gasteiger partial charge in [0.05, 0.1) is 47.5 Å². The molecule has 2 N–H and O–H groups in total. The molecule has 9 heteroatoms. The summed E-state index contributed by atoms with van der Waals surface area (Å²) in [6, 6.07) is 5.05. The molecule has 0 saturated carbocycles. The van der Waals surface area contributed by atoms with Crippen molar-refractivity contribution in [3.8, 4) is 0 Å². The lowest BCUT2D eigenvalue weighted by Gasteiger charge is -2.35. The fraction of sp³-hybridized carbons (Fsp3) is 0.667. The highest BCUT2D eigenvalue weighted by molar-refractivity contribution is 5.88. The number of esters is 1. The number of pyridine rings is 1. The quantitative estimate of drug-likeness (QED) is 0.472. The monoisotopic (exact) mass is 507 g/mol. The molecule has 0 radical (unpaired) electrons. The summed E-state index contributed by atoms with van der Waals surface area (Å²) in [6.07, 6.45) is -1.59. The molecular formula is C27H38FNO7. The zero-order valence-corrected chi connectivity index (χ0v) is 21.6. The Morgan fingerprint density at radius 3 is 2.61 bits per heavy atom. The largest absolute Gasteiger partial charge is 0.455 e. The van der Waals surface area contributed by atoms with Crippen molar-refractivity contribution in [2.45, 2.75) is 96.4 Å². The second-order valence-electron chi connectivity index (χ2n) is 10.6. The second kappa shape index (κ2) is 11.5. The molecule has 2 aliphatic rings. The van der Waals surface area contributed by atoms with Gasteiger partial charge >= 0.3 is 5.97 Å². The highest BCUT2D eigenvalue weighted by atomic mass is 19.1. The van der Waals surface area contributed by atoms with Crippen LogP contribution < -0.4 is 0 Å². The molecule has 0 spiro atoms. The van der Waals surface area contributed by atoms with Crippen molar-refractivity contribution in [2.24, 2.45) is 11.3 Å². The molecule has 3 rings (SSSR count). The normalized spacial score (nSPS) is 36.6. The first-order valence-corrected chi connectivity index (χ1v) is 12.6. The first-order valence-electron chi connectivity index (χ1n) is 12.6. The van der Waals surface area contributed by atoms with Gasteiger partial charge in [-0.3, -0.25) is 14.6 Å². The minimum absolute atomic E-state index is 0.0753. The van der Waals surface area contributed by atoms with Crippen LogP contribution in [0.2, 0.25) is 0 Å². The van der Waals surface area contributed by atoms with E-state index in [4.69, 9.17) is 14.2 Å². The maximum absolute atomic E-state index is 15.3. The number of halogens is 1. The van der Waals surface area contributed by atoms with Crippen LogP contribution in [0.15, 0.2) is 30.2 Å². The SMILES string of the molecule is CC[C@H]1C(=O)C(C)(C)[C@@H](O)CC(=O)O[C@H](C(F)=Cc2ccccn2)C[C@@H]2O[C@]2(C)CCO[C@H](C)[C@H]1O. The zero-order chi connectivity index (χ0) is 26.7. The molecule has 2 saturated heterocycles. The first-order chi connectivity index (χ1) is 16.9. The van der Waals surface area contributed by atoms with Gasteiger partial charge in [0.25, 0.3) is 0 Å². The summed E-state index contributed by atoms with van der Waals surface area (Å²) in [5.74, 6) is -2.70. The topological polar surface area (TPSA) is 118 Å². The number of nitrogens with zero attached hydrogens (tertiary/aromatic N) is 1. The van der Waals surface area contributed by atoms with Crippen LogP contribution in [0.3, 0.4) is 0 Å². The number of ether oxygens (including phenoxy) is 3. The van der Waals surface area contributed by atoms with Gasteiger partial charge in [-0.2, -0.15) is 0 Å². The Hall–Kier alpha value is -2.20. The summed E-state index contributed by atoms with van der Waals surface area (Å²) in [5.41, 5.74) is -1.58. The minimum atomic E-state index is -1.39. The van der Waals surface area contributed by atoms with Crippen LogP contribution in [-0.4, -0.2) is 69.7 Å². The number of epoxide rings is 1. The number of fused-ring (bicyclic) bond motifs is 1. The number of hydrogen-bond acceptors (Lipinski definition) is 8. The van der Waals surface area contributed by atoms with Gasteiger partial charge in [0.15, 0.2) is 6.10 Å². The van der Waals surface area contributed by atoms with Gasteiger partial charge in [-0.15, -0.1) is 0 Å². The summed E-state index contributed by atoms with van der Waals surface area (Å²) in [5, 5.41) is 21.7. The zero-order valence-electron chi connectivity index (χ0n) is 21.6. The molecule has 200 valence electrons. The van der Waals surface area contributed by atoms with Gasteiger partial charge in [0, 0.05) is 31.6 Å². The van der Waals surface area contributed by atoms with Gasteiger partial charge in [0.2, 0.25) is 0 Å². The number of Topliss-reactive ketones (excluding diaryl/α,β-unsaturated/α-hetero) is 1. The number of carbonyl (C=O) groups excluding carboxylic acids is 2. The molecule has 0 bridgehead atoms. The van der Waals surface area contributed by atoms with Crippen molar-refractivity contribution < 1.29 is 38.4 Å². The Balaban J connectivity index is 1.87. The van der Waals surface area contributed by atoms with Crippen LogP contribution in [0.4, 0.5) is 4.39 Å². The molecule has 2 aliphatic heterocycles. The fourth-order valence-corrected chi connectivity index (χ4v) is 4.63. The Kier molecular flexibility index (Phi) is 9.03. The lowest BCUT2D eigenvalue weighted by Crippen LogP contribution is -2.48. The van der Waals surface area contributed by atoms with Crippen molar-refractivity contribution in [1.29, 1.82) is 0 Å². The molecule has 3 heterocycles. The van der Waals surface area contributed by atoms with E-state index in [0.29, 0.717) is 18.5 Å². The number of cyclic esters (lactones) is 1. The smallest absolute Gasteiger partial charge is 0.309 e. The molecule has 0 amide bonds. The number of aliphatic hydroxyl groups excluding tert-OH is 2. The van der Waals surface area contributed by atoms with Crippen LogP contribution in [0.25, 0.3) is 6.08 Å². The van der Waals surface area contributed by atoms with Crippen LogP contribution in [0.1, 0.15) is 66.0 Å². The lowest BCUT2D eigenvalue weighted by molar-refractivity contribution is -0.156. The van der Waals surface area contributed by atoms with Gasteiger partial charge in [0.1, 0.15) is 11.6 Å².